The van der Waals surface area contributed by atoms with Crippen LogP contribution in [0.4, 0.5) is 5.69 Å². The number of hydrogen-bond donors (Lipinski definition) is 2. The van der Waals surface area contributed by atoms with Gasteiger partial charge >= 0.3 is 0 Å². The molecule has 2 aliphatic heterocycles. The topological polar surface area (TPSA) is 90.7 Å². The molecule has 19 heavy (non-hydrogen) atoms. The van der Waals surface area contributed by atoms with Crippen LogP contribution in [0.2, 0.25) is 0 Å². The first-order valence-corrected chi connectivity index (χ1v) is 6.03. The molecule has 0 aliphatic carbocycles. The van der Waals surface area contributed by atoms with E-state index in [1.807, 2.05) is 0 Å². The van der Waals surface area contributed by atoms with Crippen LogP contribution in [-0.4, -0.2) is 31.1 Å². The van der Waals surface area contributed by atoms with Crippen LogP contribution in [0.15, 0.2) is 18.2 Å². The van der Waals surface area contributed by atoms with Gasteiger partial charge in [-0.1, -0.05) is 6.07 Å². The number of nitrogens with two attached hydrogens (primary N) is 1. The molecular weight excluding hydrogens is 248 g/mol. The lowest BCUT2D eigenvalue weighted by Crippen LogP contribution is -2.56. The van der Waals surface area contributed by atoms with Crippen molar-refractivity contribution in [3.63, 3.8) is 0 Å². The number of primary amides is 1. The van der Waals surface area contributed by atoms with Crippen LogP contribution in [0.5, 0.6) is 5.75 Å². The van der Waals surface area contributed by atoms with Gasteiger partial charge in [0.15, 0.2) is 6.10 Å². The second-order valence-electron chi connectivity index (χ2n) is 4.90. The summed E-state index contributed by atoms with van der Waals surface area (Å²) in [6, 6.07) is 5.26. The second kappa shape index (κ2) is 3.96. The Morgan fingerprint density at radius 2 is 2.21 bits per heavy atom. The molecule has 2 amide bonds. The molecule has 1 fully saturated rings. The summed E-state index contributed by atoms with van der Waals surface area (Å²) in [5, 5.41) is 2.75. The molecule has 6 heteroatoms. The van der Waals surface area contributed by atoms with E-state index in [0.717, 1.165) is 5.56 Å². The predicted octanol–water partition coefficient (Wildman–Crippen LogP) is 0.159. The Labute approximate surface area is 109 Å². The van der Waals surface area contributed by atoms with Crippen molar-refractivity contribution in [1.82, 2.24) is 0 Å². The number of amides is 2. The van der Waals surface area contributed by atoms with Gasteiger partial charge in [-0.05, 0) is 24.6 Å². The van der Waals surface area contributed by atoms with Gasteiger partial charge in [0.1, 0.15) is 11.2 Å². The molecule has 100 valence electrons. The Balaban J connectivity index is 2.00. The smallest absolute Gasteiger partial charge is 0.265 e. The Kier molecular flexibility index (Phi) is 2.50. The standard InChI is InChI=1S/C13H14N2O4/c1-7-11(16)15-9-4-8(2-3-10(9)19-7)13(12(14)17)5-18-6-13/h2-4,7H,5-6H2,1H3,(H2,14,17)(H,15,16). The molecule has 1 saturated heterocycles. The van der Waals surface area contributed by atoms with Gasteiger partial charge in [-0.3, -0.25) is 9.59 Å². The number of nitrogens with one attached hydrogen (secondary N) is 1. The van der Waals surface area contributed by atoms with Gasteiger partial charge in [-0.15, -0.1) is 0 Å². The molecule has 0 saturated carbocycles. The molecule has 0 spiro atoms. The lowest BCUT2D eigenvalue weighted by atomic mass is 9.77. The molecular formula is C13H14N2O4. The van der Waals surface area contributed by atoms with Crippen molar-refractivity contribution >= 4 is 17.5 Å². The van der Waals surface area contributed by atoms with Gasteiger partial charge < -0.3 is 20.5 Å². The van der Waals surface area contributed by atoms with Gasteiger partial charge in [0.2, 0.25) is 5.91 Å². The van der Waals surface area contributed by atoms with Crippen molar-refractivity contribution in [2.45, 2.75) is 18.4 Å². The number of carbonyl (C=O) groups is 2. The number of anilines is 1. The van der Waals surface area contributed by atoms with E-state index in [-0.39, 0.29) is 19.1 Å². The monoisotopic (exact) mass is 262 g/mol. The van der Waals surface area contributed by atoms with Gasteiger partial charge in [-0.25, -0.2) is 0 Å². The average Bonchev–Trinajstić information content (AvgIpc) is 2.29. The zero-order valence-corrected chi connectivity index (χ0v) is 10.4. The number of rotatable bonds is 2. The number of fused-ring (bicyclic) bond motifs is 1. The first kappa shape index (κ1) is 12.0. The van der Waals surface area contributed by atoms with Crippen LogP contribution in [-0.2, 0) is 19.7 Å². The Morgan fingerprint density at radius 3 is 2.79 bits per heavy atom. The zero-order valence-electron chi connectivity index (χ0n) is 10.4. The second-order valence-corrected chi connectivity index (χ2v) is 4.90. The molecule has 2 heterocycles. The van der Waals surface area contributed by atoms with Crippen molar-refractivity contribution in [2.24, 2.45) is 5.73 Å². The minimum absolute atomic E-state index is 0.206. The van der Waals surface area contributed by atoms with E-state index in [2.05, 4.69) is 5.32 Å². The number of ether oxygens (including phenoxy) is 2. The van der Waals surface area contributed by atoms with Crippen LogP contribution in [0, 0.1) is 0 Å². The first-order valence-electron chi connectivity index (χ1n) is 6.03. The highest BCUT2D eigenvalue weighted by atomic mass is 16.5. The fraction of sp³-hybridized carbons (Fsp3) is 0.385. The highest BCUT2D eigenvalue weighted by Gasteiger charge is 2.46. The average molecular weight is 262 g/mol. The van der Waals surface area contributed by atoms with Crippen LogP contribution < -0.4 is 15.8 Å². The van der Waals surface area contributed by atoms with Crippen LogP contribution in [0.3, 0.4) is 0 Å². The normalized spacial score (nSPS) is 23.6. The van der Waals surface area contributed by atoms with E-state index < -0.39 is 17.4 Å². The molecule has 0 radical (unpaired) electrons. The minimum Gasteiger partial charge on any atom is -0.479 e. The summed E-state index contributed by atoms with van der Waals surface area (Å²) in [4.78, 5) is 23.2. The Bertz CT molecular complexity index is 566. The van der Waals surface area contributed by atoms with Crippen molar-refractivity contribution in [2.75, 3.05) is 18.5 Å². The van der Waals surface area contributed by atoms with Crippen LogP contribution >= 0.6 is 0 Å². The third-order valence-electron chi connectivity index (χ3n) is 3.63. The summed E-state index contributed by atoms with van der Waals surface area (Å²) in [5.74, 6) is -0.0338. The molecule has 1 unspecified atom stereocenters. The maximum absolute atomic E-state index is 11.6. The molecule has 1 aromatic carbocycles. The molecule has 1 atom stereocenters. The van der Waals surface area contributed by atoms with E-state index in [9.17, 15) is 9.59 Å². The van der Waals surface area contributed by atoms with Crippen LogP contribution in [0.1, 0.15) is 12.5 Å². The summed E-state index contributed by atoms with van der Waals surface area (Å²) in [6.45, 7) is 2.22. The molecule has 0 bridgehead atoms. The molecule has 2 aliphatic rings. The number of hydrogen-bond acceptors (Lipinski definition) is 4. The number of benzene rings is 1. The predicted molar refractivity (Wildman–Crippen MR) is 66.9 cm³/mol. The summed E-state index contributed by atoms with van der Waals surface area (Å²) in [6.07, 6.45) is -0.518. The minimum atomic E-state index is -0.789. The summed E-state index contributed by atoms with van der Waals surface area (Å²) < 4.78 is 10.6. The largest absolute Gasteiger partial charge is 0.479 e. The van der Waals surface area contributed by atoms with E-state index >= 15 is 0 Å². The van der Waals surface area contributed by atoms with E-state index in [0.29, 0.717) is 11.4 Å². The van der Waals surface area contributed by atoms with Crippen molar-refractivity contribution in [3.05, 3.63) is 23.8 Å². The van der Waals surface area contributed by atoms with Gasteiger partial charge in [-0.2, -0.15) is 0 Å². The van der Waals surface area contributed by atoms with Crippen molar-refractivity contribution < 1.29 is 19.1 Å². The fourth-order valence-corrected chi connectivity index (χ4v) is 2.26. The van der Waals surface area contributed by atoms with Crippen molar-refractivity contribution in [3.8, 4) is 5.75 Å². The lowest BCUT2D eigenvalue weighted by molar-refractivity contribution is -0.141. The summed E-state index contributed by atoms with van der Waals surface area (Å²) >= 11 is 0. The molecule has 6 nitrogen and oxygen atoms in total. The quantitative estimate of drug-likeness (QED) is 0.794. The van der Waals surface area contributed by atoms with Gasteiger partial charge in [0.25, 0.3) is 5.91 Å². The molecule has 3 rings (SSSR count). The molecule has 0 aromatic heterocycles. The third-order valence-corrected chi connectivity index (χ3v) is 3.63. The summed E-state index contributed by atoms with van der Waals surface area (Å²) in [5.41, 5.74) is 5.97. The van der Waals surface area contributed by atoms with Gasteiger partial charge in [0.05, 0.1) is 18.9 Å². The molecule has 3 N–H and O–H groups in total. The first-order chi connectivity index (χ1) is 9.03. The van der Waals surface area contributed by atoms with Crippen LogP contribution in [0.25, 0.3) is 0 Å². The molecule has 1 aromatic rings. The maximum atomic E-state index is 11.6. The Morgan fingerprint density at radius 1 is 1.47 bits per heavy atom. The van der Waals surface area contributed by atoms with E-state index in [1.54, 1.807) is 25.1 Å². The van der Waals surface area contributed by atoms with Crippen molar-refractivity contribution in [1.29, 1.82) is 0 Å². The van der Waals surface area contributed by atoms with E-state index in [4.69, 9.17) is 15.2 Å². The maximum Gasteiger partial charge on any atom is 0.265 e. The SMILES string of the molecule is CC1Oc2ccc(C3(C(N)=O)COC3)cc2NC1=O. The third kappa shape index (κ3) is 1.67. The lowest BCUT2D eigenvalue weighted by Gasteiger charge is -2.39. The Hall–Kier alpha value is -2.08. The highest BCUT2D eigenvalue weighted by molar-refractivity contribution is 5.98. The fourth-order valence-electron chi connectivity index (χ4n) is 2.26. The zero-order chi connectivity index (χ0) is 13.6. The van der Waals surface area contributed by atoms with E-state index in [1.165, 1.54) is 0 Å². The number of carbonyl (C=O) groups excluding carboxylic acids is 2. The summed E-state index contributed by atoms with van der Waals surface area (Å²) in [7, 11) is 0. The van der Waals surface area contributed by atoms with Gasteiger partial charge in [0, 0.05) is 0 Å². The highest BCUT2D eigenvalue weighted by Crippen LogP contribution is 2.38.